The third-order valence-electron chi connectivity index (χ3n) is 3.43. The van der Waals surface area contributed by atoms with Gasteiger partial charge in [-0.25, -0.2) is 0 Å². The Labute approximate surface area is 142 Å². The highest BCUT2D eigenvalue weighted by Crippen LogP contribution is 2.51. The zero-order valence-corrected chi connectivity index (χ0v) is 14.0. The molecule has 0 atom stereocenters. The van der Waals surface area contributed by atoms with E-state index < -0.39 is 13.9 Å². The van der Waals surface area contributed by atoms with E-state index in [9.17, 15) is 0 Å². The van der Waals surface area contributed by atoms with Crippen LogP contribution in [-0.2, 0) is 0 Å². The average molecular weight is 360 g/mol. The van der Waals surface area contributed by atoms with E-state index in [1.807, 2.05) is 91.0 Å². The van der Waals surface area contributed by atoms with Crippen molar-refractivity contribution < 1.29 is 21.1 Å². The molecule has 2 heteroatoms. The first kappa shape index (κ1) is 12.1. The van der Waals surface area contributed by atoms with E-state index >= 15 is 0 Å². The molecule has 0 saturated heterocycles. The number of halogens is 1. The van der Waals surface area contributed by atoms with Crippen LogP contribution in [0.3, 0.4) is 0 Å². The van der Waals surface area contributed by atoms with Crippen molar-refractivity contribution in [3.8, 4) is 0 Å². The van der Waals surface area contributed by atoms with Crippen LogP contribution in [0.15, 0.2) is 91.0 Å². The Hall–Kier alpha value is -1.43. The van der Waals surface area contributed by atoms with Crippen LogP contribution in [0.2, 0.25) is 0 Å². The van der Waals surface area contributed by atoms with Crippen molar-refractivity contribution in [2.75, 3.05) is 6.59 Å². The number of rotatable bonds is 3. The normalized spacial score (nSPS) is 13.4. The first-order valence-electron chi connectivity index (χ1n) is 8.13. The van der Waals surface area contributed by atoms with E-state index in [4.69, 9.17) is 4.11 Å². The van der Waals surface area contributed by atoms with E-state index in [0.29, 0.717) is 0 Å². The highest BCUT2D eigenvalue weighted by molar-refractivity contribution is 7.95. The second-order valence-electron chi connectivity index (χ2n) is 4.68. The SMILES string of the molecule is [2H]C([2H])([2H])[P+](c1ccccc1)(c1ccccc1)c1ccccc1.[Br-]. The van der Waals surface area contributed by atoms with Crippen LogP contribution in [0.25, 0.3) is 0 Å². The van der Waals surface area contributed by atoms with E-state index in [1.165, 1.54) is 0 Å². The molecule has 0 aliphatic carbocycles. The molecule has 0 aliphatic heterocycles. The van der Waals surface area contributed by atoms with Gasteiger partial charge >= 0.3 is 0 Å². The summed E-state index contributed by atoms with van der Waals surface area (Å²) in [5, 5.41) is 2.66. The van der Waals surface area contributed by atoms with E-state index in [2.05, 4.69) is 0 Å². The minimum Gasteiger partial charge on any atom is -1.00 e. The summed E-state index contributed by atoms with van der Waals surface area (Å²) < 4.78 is 25.3. The smallest absolute Gasteiger partial charge is 0.109 e. The summed E-state index contributed by atoms with van der Waals surface area (Å²) in [5.41, 5.74) is 0. The molecule has 3 rings (SSSR count). The fourth-order valence-electron chi connectivity index (χ4n) is 2.40. The first-order chi connectivity index (χ1) is 11.1. The molecule has 0 amide bonds. The lowest BCUT2D eigenvalue weighted by Crippen LogP contribution is -3.00. The van der Waals surface area contributed by atoms with Gasteiger partial charge < -0.3 is 17.0 Å². The second-order valence-corrected chi connectivity index (χ2v) is 7.57. The second kappa shape index (κ2) is 7.02. The summed E-state index contributed by atoms with van der Waals surface area (Å²) in [6, 6.07) is 29.0. The molecular weight excluding hydrogens is 339 g/mol. The van der Waals surface area contributed by atoms with Gasteiger partial charge in [-0.1, -0.05) is 54.6 Å². The monoisotopic (exact) mass is 359 g/mol. The third-order valence-corrected chi connectivity index (χ3v) is 6.65. The number of hydrogen-bond donors (Lipinski definition) is 0. The molecule has 3 aromatic rings. The molecule has 0 aliphatic rings. The summed E-state index contributed by atoms with van der Waals surface area (Å²) in [6.07, 6.45) is 0. The van der Waals surface area contributed by atoms with Crippen molar-refractivity contribution in [3.05, 3.63) is 91.0 Å². The predicted octanol–water partition coefficient (Wildman–Crippen LogP) is 0.614. The standard InChI is InChI=1S/C19H18P.BrH/c1-20(17-11-5-2-6-12-17,18-13-7-3-8-14-18)19-15-9-4-10-16-19;/h2-16H,1H3;1H/q+1;/p-1/i1D3;. The molecule has 0 nitrogen and oxygen atoms in total. The van der Waals surface area contributed by atoms with Crippen LogP contribution in [0, 0.1) is 0 Å². The highest BCUT2D eigenvalue weighted by Gasteiger charge is 2.39. The summed E-state index contributed by atoms with van der Waals surface area (Å²) >= 11 is 0. The number of benzene rings is 3. The fraction of sp³-hybridized carbons (Fsp3) is 0.0526. The molecule has 0 fully saturated rings. The molecule has 0 saturated carbocycles. The molecule has 106 valence electrons. The lowest BCUT2D eigenvalue weighted by Gasteiger charge is -2.22. The molecule has 0 radical (unpaired) electrons. The lowest BCUT2D eigenvalue weighted by molar-refractivity contribution is -0.00000390. The minimum atomic E-state index is -2.74. The Morgan fingerprint density at radius 2 is 0.857 bits per heavy atom. The fourth-order valence-corrected chi connectivity index (χ4v) is 5.15. The topological polar surface area (TPSA) is 0 Å². The first-order valence-corrected chi connectivity index (χ1v) is 8.42. The molecule has 0 spiro atoms. The average Bonchev–Trinajstić information content (AvgIpc) is 2.57. The summed E-state index contributed by atoms with van der Waals surface area (Å²) in [4.78, 5) is 0. The van der Waals surface area contributed by atoms with Crippen molar-refractivity contribution >= 4 is 23.2 Å². The van der Waals surface area contributed by atoms with E-state index in [0.717, 1.165) is 15.9 Å². The highest BCUT2D eigenvalue weighted by atomic mass is 79.9. The van der Waals surface area contributed by atoms with Gasteiger partial charge in [0.25, 0.3) is 0 Å². The predicted molar refractivity (Wildman–Crippen MR) is 91.1 cm³/mol. The Morgan fingerprint density at radius 3 is 1.10 bits per heavy atom. The maximum Gasteiger partial charge on any atom is 0.109 e. The summed E-state index contributed by atoms with van der Waals surface area (Å²) in [6.45, 7) is -2.11. The van der Waals surface area contributed by atoms with Crippen molar-refractivity contribution in [3.63, 3.8) is 0 Å². The van der Waals surface area contributed by atoms with Gasteiger partial charge in [-0.15, -0.1) is 0 Å². The van der Waals surface area contributed by atoms with Crippen LogP contribution in [0.4, 0.5) is 0 Å². The van der Waals surface area contributed by atoms with Crippen molar-refractivity contribution in [1.29, 1.82) is 0 Å². The summed E-state index contributed by atoms with van der Waals surface area (Å²) in [5.74, 6) is 0. The molecule has 0 aromatic heterocycles. The van der Waals surface area contributed by atoms with Gasteiger partial charge in [0.1, 0.15) is 23.2 Å². The van der Waals surface area contributed by atoms with Crippen molar-refractivity contribution in [2.45, 2.75) is 0 Å². The molecule has 0 bridgehead atoms. The van der Waals surface area contributed by atoms with Crippen molar-refractivity contribution in [2.24, 2.45) is 0 Å². The van der Waals surface area contributed by atoms with Gasteiger partial charge in [-0.2, -0.15) is 0 Å². The molecule has 0 N–H and O–H groups in total. The molecular formula is C19H18BrP. The lowest BCUT2D eigenvalue weighted by atomic mass is 10.4. The zero-order valence-electron chi connectivity index (χ0n) is 14.5. The van der Waals surface area contributed by atoms with Gasteiger partial charge in [0.05, 0.1) is 10.7 Å². The molecule has 0 heterocycles. The number of hydrogen-bond acceptors (Lipinski definition) is 0. The van der Waals surface area contributed by atoms with Crippen molar-refractivity contribution in [1.82, 2.24) is 0 Å². The summed E-state index contributed by atoms with van der Waals surface area (Å²) in [7, 11) is -2.74. The zero-order chi connectivity index (χ0) is 16.3. The molecule has 0 unspecified atom stereocenters. The minimum absolute atomic E-state index is 0. The maximum atomic E-state index is 8.43. The van der Waals surface area contributed by atoms with Gasteiger partial charge in [0.2, 0.25) is 0 Å². The van der Waals surface area contributed by atoms with Crippen LogP contribution in [-0.4, -0.2) is 6.59 Å². The van der Waals surface area contributed by atoms with Gasteiger partial charge in [-0.3, -0.25) is 0 Å². The molecule has 21 heavy (non-hydrogen) atoms. The van der Waals surface area contributed by atoms with E-state index in [1.54, 1.807) is 0 Å². The van der Waals surface area contributed by atoms with E-state index in [-0.39, 0.29) is 17.0 Å². The van der Waals surface area contributed by atoms with Crippen LogP contribution in [0.1, 0.15) is 4.11 Å². The third kappa shape index (κ3) is 3.10. The Bertz CT molecular complexity index is 662. The van der Waals surface area contributed by atoms with Crippen LogP contribution < -0.4 is 32.9 Å². The molecule has 3 aromatic carbocycles. The largest absolute Gasteiger partial charge is 1.00 e. The van der Waals surface area contributed by atoms with Gasteiger partial charge in [0, 0.05) is 0 Å². The van der Waals surface area contributed by atoms with Gasteiger partial charge in [-0.05, 0) is 36.4 Å². The van der Waals surface area contributed by atoms with Gasteiger partial charge in [0.15, 0.2) is 0 Å². The van der Waals surface area contributed by atoms with Crippen LogP contribution >= 0.6 is 7.26 Å². The maximum absolute atomic E-state index is 8.43. The quantitative estimate of drug-likeness (QED) is 0.601. The Balaban J connectivity index is 0.00000208. The Kier molecular flexibility index (Phi) is 4.06. The van der Waals surface area contributed by atoms with Crippen LogP contribution in [0.5, 0.6) is 0 Å². The Morgan fingerprint density at radius 1 is 0.571 bits per heavy atom.